The Morgan fingerprint density at radius 3 is 2.83 bits per heavy atom. The van der Waals surface area contributed by atoms with Gasteiger partial charge in [0.25, 0.3) is 0 Å². The molecule has 0 aliphatic heterocycles. The summed E-state index contributed by atoms with van der Waals surface area (Å²) in [4.78, 5) is 8.44. The molecule has 0 bridgehead atoms. The smallest absolute Gasteiger partial charge is 0.213 e. The largest absolute Gasteiger partial charge is 0.478 e. The van der Waals surface area contributed by atoms with E-state index in [1.54, 1.807) is 12.3 Å². The van der Waals surface area contributed by atoms with E-state index in [2.05, 4.69) is 27.6 Å². The molecule has 0 amide bonds. The zero-order valence-electron chi connectivity index (χ0n) is 10.9. The third-order valence-corrected chi connectivity index (χ3v) is 2.21. The molecular weight excluding hydrogens is 230 g/mol. The molecule has 0 atom stereocenters. The van der Waals surface area contributed by atoms with Crippen molar-refractivity contribution < 1.29 is 4.74 Å². The lowest BCUT2D eigenvalue weighted by molar-refractivity contribution is 0.327. The fourth-order valence-corrected chi connectivity index (χ4v) is 1.29. The topological polar surface area (TPSA) is 84.6 Å². The highest BCUT2D eigenvalue weighted by Gasteiger charge is 1.99. The van der Waals surface area contributed by atoms with Crippen molar-refractivity contribution in [3.63, 3.8) is 0 Å². The van der Waals surface area contributed by atoms with E-state index in [1.807, 2.05) is 13.0 Å². The Kier molecular flexibility index (Phi) is 6.56. The van der Waals surface area contributed by atoms with Crippen molar-refractivity contribution in [1.82, 2.24) is 10.4 Å². The average molecular weight is 251 g/mol. The van der Waals surface area contributed by atoms with Gasteiger partial charge in [0.05, 0.1) is 18.5 Å². The Morgan fingerprint density at radius 2 is 2.28 bits per heavy atom. The minimum Gasteiger partial charge on any atom is -0.478 e. The lowest BCUT2D eigenvalue weighted by atomic mass is 10.3. The number of nitrogens with zero attached hydrogens (tertiary/aromatic N) is 2. The van der Waals surface area contributed by atoms with Crippen LogP contribution in [0.5, 0.6) is 5.88 Å². The number of anilines is 1. The first-order valence-electron chi connectivity index (χ1n) is 6.17. The van der Waals surface area contributed by atoms with E-state index in [-0.39, 0.29) is 0 Å². The van der Waals surface area contributed by atoms with Crippen molar-refractivity contribution in [3.8, 4) is 5.88 Å². The van der Waals surface area contributed by atoms with Crippen LogP contribution in [-0.2, 0) is 0 Å². The minimum absolute atomic E-state index is 0.536. The van der Waals surface area contributed by atoms with Crippen LogP contribution >= 0.6 is 0 Å². The van der Waals surface area contributed by atoms with Crippen LogP contribution in [-0.4, -0.2) is 24.1 Å². The molecule has 0 fully saturated rings. The molecule has 1 rings (SSSR count). The van der Waals surface area contributed by atoms with Crippen molar-refractivity contribution in [3.05, 3.63) is 18.3 Å². The minimum atomic E-state index is 0.536. The molecule has 0 unspecified atom stereocenters. The van der Waals surface area contributed by atoms with Crippen LogP contribution in [0.25, 0.3) is 0 Å². The highest BCUT2D eigenvalue weighted by molar-refractivity contribution is 5.93. The second-order valence-electron chi connectivity index (χ2n) is 3.67. The predicted molar refractivity (Wildman–Crippen MR) is 73.6 cm³/mol. The maximum Gasteiger partial charge on any atom is 0.213 e. The molecule has 1 aromatic heterocycles. The fraction of sp³-hybridized carbons (Fsp3) is 0.500. The van der Waals surface area contributed by atoms with Crippen LogP contribution in [0.3, 0.4) is 0 Å². The van der Waals surface area contributed by atoms with Crippen molar-refractivity contribution in [2.75, 3.05) is 18.5 Å². The third kappa shape index (κ3) is 5.01. The Balaban J connectivity index is 2.55. The molecule has 0 aliphatic rings. The van der Waals surface area contributed by atoms with Crippen LogP contribution in [0.4, 0.5) is 5.69 Å². The monoisotopic (exact) mass is 251 g/mol. The Morgan fingerprint density at radius 1 is 1.44 bits per heavy atom. The van der Waals surface area contributed by atoms with Gasteiger partial charge in [-0.25, -0.2) is 10.8 Å². The number of guanidine groups is 1. The molecular formula is C12H21N5O. The first-order valence-corrected chi connectivity index (χ1v) is 6.17. The average Bonchev–Trinajstić information content (AvgIpc) is 2.40. The molecule has 1 heterocycles. The number of pyridine rings is 1. The number of rotatable bonds is 6. The van der Waals surface area contributed by atoms with Crippen LogP contribution in [0.1, 0.15) is 26.7 Å². The van der Waals surface area contributed by atoms with Gasteiger partial charge in [0, 0.05) is 12.6 Å². The summed E-state index contributed by atoms with van der Waals surface area (Å²) in [6.45, 7) is 5.39. The number of hydrazine groups is 1. The van der Waals surface area contributed by atoms with Crippen LogP contribution in [0, 0.1) is 0 Å². The van der Waals surface area contributed by atoms with Gasteiger partial charge in [-0.1, -0.05) is 13.3 Å². The summed E-state index contributed by atoms with van der Waals surface area (Å²) < 4.78 is 5.26. The Labute approximate surface area is 108 Å². The molecule has 0 saturated heterocycles. The highest BCUT2D eigenvalue weighted by Crippen LogP contribution is 2.11. The van der Waals surface area contributed by atoms with Crippen molar-refractivity contribution in [2.24, 2.45) is 10.8 Å². The molecule has 6 heteroatoms. The van der Waals surface area contributed by atoms with E-state index in [0.717, 1.165) is 25.1 Å². The van der Waals surface area contributed by atoms with Gasteiger partial charge in [0.15, 0.2) is 0 Å². The molecule has 0 radical (unpaired) electrons. The third-order valence-electron chi connectivity index (χ3n) is 2.21. The second-order valence-corrected chi connectivity index (χ2v) is 3.67. The Hall–Kier alpha value is -1.82. The summed E-state index contributed by atoms with van der Waals surface area (Å²) in [5.74, 6) is 6.53. The number of aromatic nitrogens is 1. The molecule has 4 N–H and O–H groups in total. The number of aliphatic imine (C=N–C) groups is 1. The maximum absolute atomic E-state index is 5.39. The number of ether oxygens (including phenoxy) is 1. The van der Waals surface area contributed by atoms with Gasteiger partial charge >= 0.3 is 0 Å². The fourth-order valence-electron chi connectivity index (χ4n) is 1.29. The molecule has 0 aliphatic carbocycles. The molecule has 6 nitrogen and oxygen atoms in total. The number of nitrogens with one attached hydrogen (secondary N) is 2. The van der Waals surface area contributed by atoms with Crippen LogP contribution < -0.4 is 21.3 Å². The number of nitrogens with two attached hydrogens (primary N) is 1. The van der Waals surface area contributed by atoms with Crippen LogP contribution in [0.2, 0.25) is 0 Å². The molecule has 0 spiro atoms. The van der Waals surface area contributed by atoms with E-state index in [1.165, 1.54) is 0 Å². The van der Waals surface area contributed by atoms with Crippen LogP contribution in [0.15, 0.2) is 23.3 Å². The maximum atomic E-state index is 5.39. The van der Waals surface area contributed by atoms with E-state index >= 15 is 0 Å². The number of hydrogen-bond acceptors (Lipinski definition) is 4. The van der Waals surface area contributed by atoms with Gasteiger partial charge in [0.1, 0.15) is 0 Å². The van der Waals surface area contributed by atoms with Crippen molar-refractivity contribution in [1.29, 1.82) is 0 Å². The summed E-state index contributed by atoms with van der Waals surface area (Å²) in [7, 11) is 0. The lowest BCUT2D eigenvalue weighted by Gasteiger charge is -2.09. The van der Waals surface area contributed by atoms with Gasteiger partial charge in [0.2, 0.25) is 11.8 Å². The number of unbranched alkanes of at least 4 members (excludes halogenated alkanes) is 1. The van der Waals surface area contributed by atoms with Crippen molar-refractivity contribution in [2.45, 2.75) is 26.7 Å². The van der Waals surface area contributed by atoms with E-state index in [9.17, 15) is 0 Å². The summed E-state index contributed by atoms with van der Waals surface area (Å²) in [5, 5.41) is 3.05. The first-order chi connectivity index (χ1) is 8.80. The molecule has 18 heavy (non-hydrogen) atoms. The van der Waals surface area contributed by atoms with E-state index in [0.29, 0.717) is 18.4 Å². The van der Waals surface area contributed by atoms with Gasteiger partial charge < -0.3 is 10.1 Å². The standard InChI is InChI=1S/C12H21N5O/c1-3-5-8-14-12(17-13)16-10-6-7-11(15-9-10)18-4-2/h6-7,9H,3-5,8,13H2,1-2H3,(H2,14,16,17). The molecule has 1 aromatic rings. The van der Waals surface area contributed by atoms with Gasteiger partial charge in [-0.2, -0.15) is 0 Å². The summed E-state index contributed by atoms with van der Waals surface area (Å²) in [6.07, 6.45) is 3.82. The number of hydrogen-bond donors (Lipinski definition) is 3. The normalized spacial score (nSPS) is 11.2. The van der Waals surface area contributed by atoms with Gasteiger partial charge in [-0.3, -0.25) is 10.4 Å². The molecule has 0 aromatic carbocycles. The zero-order valence-corrected chi connectivity index (χ0v) is 10.9. The summed E-state index contributed by atoms with van der Waals surface area (Å²) >= 11 is 0. The second kappa shape index (κ2) is 8.30. The first kappa shape index (κ1) is 14.2. The van der Waals surface area contributed by atoms with Gasteiger partial charge in [-0.15, -0.1) is 0 Å². The molecule has 100 valence electrons. The predicted octanol–water partition coefficient (Wildman–Crippen LogP) is 1.51. The zero-order chi connectivity index (χ0) is 13.2. The molecule has 0 saturated carbocycles. The van der Waals surface area contributed by atoms with Crippen molar-refractivity contribution >= 4 is 11.6 Å². The summed E-state index contributed by atoms with van der Waals surface area (Å²) in [6, 6.07) is 3.66. The SMILES string of the molecule is CCCCN=C(NN)Nc1ccc(OCC)nc1. The van der Waals surface area contributed by atoms with Gasteiger partial charge in [-0.05, 0) is 19.4 Å². The summed E-state index contributed by atoms with van der Waals surface area (Å²) in [5.41, 5.74) is 3.34. The lowest BCUT2D eigenvalue weighted by Crippen LogP contribution is -2.36. The Bertz CT molecular complexity index is 363. The highest BCUT2D eigenvalue weighted by atomic mass is 16.5. The quantitative estimate of drug-likeness (QED) is 0.235. The van der Waals surface area contributed by atoms with E-state index < -0.39 is 0 Å². The van der Waals surface area contributed by atoms with E-state index in [4.69, 9.17) is 10.6 Å².